The summed E-state index contributed by atoms with van der Waals surface area (Å²) in [5, 5.41) is 9.90. The molecule has 5 atom stereocenters. The number of aliphatic hydroxyl groups excluding tert-OH is 1. The van der Waals surface area contributed by atoms with E-state index in [1.165, 1.54) is 0 Å². The van der Waals surface area contributed by atoms with Gasteiger partial charge in [0.1, 0.15) is 0 Å². The fraction of sp³-hybridized carbons (Fsp3) is 0.929. The van der Waals surface area contributed by atoms with Crippen molar-refractivity contribution in [2.75, 3.05) is 26.0 Å². The number of hydrogen-bond donors (Lipinski definition) is 1. The van der Waals surface area contributed by atoms with Gasteiger partial charge in [-0.2, -0.15) is 8.42 Å². The van der Waals surface area contributed by atoms with Crippen LogP contribution in [0.25, 0.3) is 0 Å². The van der Waals surface area contributed by atoms with Crippen molar-refractivity contribution in [2.24, 2.45) is 27.7 Å². The van der Waals surface area contributed by atoms with E-state index >= 15 is 0 Å². The molecule has 1 saturated carbocycles. The predicted octanol–water partition coefficient (Wildman–Crippen LogP) is 4.97. The van der Waals surface area contributed by atoms with Crippen LogP contribution in [-0.4, -0.2) is 80.2 Å². The van der Waals surface area contributed by atoms with Gasteiger partial charge in [-0.15, -0.1) is 0 Å². The van der Waals surface area contributed by atoms with Crippen LogP contribution < -0.4 is 0 Å². The zero-order valence-electron chi connectivity index (χ0n) is 26.0. The second-order valence-electron chi connectivity index (χ2n) is 13.9. The molecule has 0 aromatic carbocycles. The summed E-state index contributed by atoms with van der Waals surface area (Å²) < 4.78 is 43.9. The quantitative estimate of drug-likeness (QED) is 0.207. The highest BCUT2D eigenvalue weighted by atomic mass is 32.2. The maximum atomic E-state index is 12.6. The first-order valence-electron chi connectivity index (χ1n) is 14.1. The SMILES string of the molecule is C[C@H]1C[C@H](OS(C)(=O)=O)[C@](CCCO)(C2=NCCC2)[C@H](CCOC(=O)C(C)(C)C)[C@H]1O[Si](C)(C)C(C)(C)C.[B]. The van der Waals surface area contributed by atoms with Crippen LogP contribution in [0.1, 0.15) is 87.0 Å². The van der Waals surface area contributed by atoms with Crippen LogP contribution in [0.15, 0.2) is 4.99 Å². The lowest BCUT2D eigenvalue weighted by Gasteiger charge is -2.56. The summed E-state index contributed by atoms with van der Waals surface area (Å²) in [5.74, 6) is -0.446. The van der Waals surface area contributed by atoms with Gasteiger partial charge < -0.3 is 14.3 Å². The summed E-state index contributed by atoms with van der Waals surface area (Å²) in [5.41, 5.74) is -0.402. The van der Waals surface area contributed by atoms with Gasteiger partial charge in [0, 0.05) is 38.6 Å². The van der Waals surface area contributed by atoms with Crippen LogP contribution in [0.3, 0.4) is 0 Å². The second-order valence-corrected chi connectivity index (χ2v) is 20.3. The van der Waals surface area contributed by atoms with Crippen molar-refractivity contribution in [3.8, 4) is 0 Å². The van der Waals surface area contributed by atoms with E-state index in [1.807, 2.05) is 20.8 Å². The van der Waals surface area contributed by atoms with Crippen LogP contribution in [0, 0.1) is 22.7 Å². The molecule has 1 fully saturated rings. The number of nitrogens with zero attached hydrogens (tertiary/aromatic N) is 1. The van der Waals surface area contributed by atoms with Gasteiger partial charge in [-0.3, -0.25) is 14.0 Å². The Morgan fingerprint density at radius 3 is 2.26 bits per heavy atom. The minimum absolute atomic E-state index is 0. The van der Waals surface area contributed by atoms with E-state index in [4.69, 9.17) is 18.3 Å². The van der Waals surface area contributed by atoms with Crippen LogP contribution in [0.2, 0.25) is 18.1 Å². The molecular weight excluding hydrogens is 533 g/mol. The molecule has 225 valence electrons. The first-order valence-corrected chi connectivity index (χ1v) is 18.9. The Bertz CT molecular complexity index is 958. The molecule has 2 rings (SSSR count). The number of hydrogen-bond acceptors (Lipinski definition) is 8. The van der Waals surface area contributed by atoms with Gasteiger partial charge in [0.15, 0.2) is 8.32 Å². The Morgan fingerprint density at radius 1 is 1.18 bits per heavy atom. The lowest BCUT2D eigenvalue weighted by Crippen LogP contribution is -2.62. The largest absolute Gasteiger partial charge is 0.465 e. The molecule has 0 aromatic rings. The van der Waals surface area contributed by atoms with Crippen molar-refractivity contribution >= 4 is 38.5 Å². The first kappa shape index (κ1) is 36.3. The summed E-state index contributed by atoms with van der Waals surface area (Å²) in [7, 11) is -5.99. The monoisotopic (exact) mass is 586 g/mol. The van der Waals surface area contributed by atoms with E-state index in [0.29, 0.717) is 32.2 Å². The molecule has 0 bridgehead atoms. The number of rotatable bonds is 11. The third-order valence-corrected chi connectivity index (χ3v) is 13.8. The van der Waals surface area contributed by atoms with Crippen LogP contribution in [-0.2, 0) is 28.3 Å². The van der Waals surface area contributed by atoms with Crippen LogP contribution in [0.4, 0.5) is 0 Å². The van der Waals surface area contributed by atoms with Gasteiger partial charge in [0.2, 0.25) is 0 Å². The predicted molar refractivity (Wildman–Crippen MR) is 160 cm³/mol. The van der Waals surface area contributed by atoms with E-state index in [2.05, 4.69) is 40.8 Å². The third kappa shape index (κ3) is 8.87. The molecule has 1 aliphatic heterocycles. The number of aliphatic imine (C=N–C) groups is 1. The van der Waals surface area contributed by atoms with Crippen molar-refractivity contribution in [3.63, 3.8) is 0 Å². The first-order chi connectivity index (χ1) is 17.3. The van der Waals surface area contributed by atoms with Crippen molar-refractivity contribution in [2.45, 2.75) is 117 Å². The van der Waals surface area contributed by atoms with Gasteiger partial charge in [0.05, 0.1) is 30.5 Å². The smallest absolute Gasteiger partial charge is 0.311 e. The fourth-order valence-electron chi connectivity index (χ4n) is 5.76. The molecule has 39 heavy (non-hydrogen) atoms. The normalized spacial score (nSPS) is 28.5. The molecule has 0 amide bonds. The molecule has 1 heterocycles. The molecule has 0 saturated heterocycles. The summed E-state index contributed by atoms with van der Waals surface area (Å²) in [6.07, 6.45) is 3.97. The van der Waals surface area contributed by atoms with E-state index in [1.54, 1.807) is 0 Å². The number of ether oxygens (including phenoxy) is 1. The average Bonchev–Trinajstić information content (AvgIpc) is 3.28. The molecule has 8 nitrogen and oxygen atoms in total. The Morgan fingerprint density at radius 2 is 1.79 bits per heavy atom. The summed E-state index contributed by atoms with van der Waals surface area (Å²) in [4.78, 5) is 17.6. The van der Waals surface area contributed by atoms with E-state index in [0.717, 1.165) is 24.8 Å². The lowest BCUT2D eigenvalue weighted by atomic mass is 9.55. The van der Waals surface area contributed by atoms with E-state index in [9.17, 15) is 18.3 Å². The summed E-state index contributed by atoms with van der Waals surface area (Å²) >= 11 is 0. The zero-order chi connectivity index (χ0) is 29.2. The van der Waals surface area contributed by atoms with Crippen molar-refractivity contribution < 1.29 is 31.7 Å². The summed E-state index contributed by atoms with van der Waals surface area (Å²) in [6, 6.07) is 0. The number of esters is 1. The Hall–Kier alpha value is -0.748. The van der Waals surface area contributed by atoms with Crippen molar-refractivity contribution in [1.29, 1.82) is 0 Å². The minimum Gasteiger partial charge on any atom is -0.465 e. The Balaban J connectivity index is 0.00000760. The van der Waals surface area contributed by atoms with Crippen molar-refractivity contribution in [3.05, 3.63) is 0 Å². The molecule has 2 aliphatic rings. The highest BCUT2D eigenvalue weighted by Crippen LogP contribution is 2.55. The molecule has 0 unspecified atom stereocenters. The van der Waals surface area contributed by atoms with E-state index in [-0.39, 0.29) is 50.6 Å². The van der Waals surface area contributed by atoms with Gasteiger partial charge >= 0.3 is 5.97 Å². The number of carbonyl (C=O) groups is 1. The molecule has 0 aromatic heterocycles. The van der Waals surface area contributed by atoms with Crippen molar-refractivity contribution in [1.82, 2.24) is 0 Å². The number of aliphatic hydroxyl groups is 1. The Labute approximate surface area is 240 Å². The lowest BCUT2D eigenvalue weighted by molar-refractivity contribution is -0.155. The number of carbonyl (C=O) groups excluding carboxylic acids is 1. The molecule has 0 spiro atoms. The van der Waals surface area contributed by atoms with Crippen LogP contribution in [0.5, 0.6) is 0 Å². The van der Waals surface area contributed by atoms with Gasteiger partial charge in [0.25, 0.3) is 10.1 Å². The maximum Gasteiger partial charge on any atom is 0.311 e. The highest BCUT2D eigenvalue weighted by Gasteiger charge is 2.59. The minimum atomic E-state index is -3.76. The van der Waals surface area contributed by atoms with Crippen LogP contribution >= 0.6 is 0 Å². The molecule has 1 aliphatic carbocycles. The zero-order valence-corrected chi connectivity index (χ0v) is 27.8. The second kappa shape index (κ2) is 13.5. The molecule has 3 radical (unpaired) electrons. The van der Waals surface area contributed by atoms with E-state index < -0.39 is 35.4 Å². The van der Waals surface area contributed by atoms with Gasteiger partial charge in [-0.1, -0.05) is 27.7 Å². The maximum absolute atomic E-state index is 12.6. The molecule has 11 heteroatoms. The topological polar surface area (TPSA) is 111 Å². The van der Waals surface area contributed by atoms with Gasteiger partial charge in [-0.25, -0.2) is 0 Å². The summed E-state index contributed by atoms with van der Waals surface area (Å²) in [6.45, 7) is 19.6. The molecule has 1 N–H and O–H groups in total. The van der Waals surface area contributed by atoms with Gasteiger partial charge in [-0.05, 0) is 83.3 Å². The Kier molecular flexibility index (Phi) is 12.5. The molecular formula is C28H53BNO7SSi. The third-order valence-electron chi connectivity index (χ3n) is 8.74. The fourth-order valence-corrected chi connectivity index (χ4v) is 7.86. The standard InChI is InChI=1S/C28H53NO7SSi.B/c1-20-19-23(35-37(8,32)33)28(15-12-17-30,22-13-11-16-29-22)21(14-18-34-25(31)26(2,3)4)24(20)36-38(9,10)27(5,6)7;/h20-21,23-24,30H,11-19H2,1-10H3;/t20-,21+,23-,24-,28-;/m0./s1. The average molecular weight is 587 g/mol. The highest BCUT2D eigenvalue weighted by molar-refractivity contribution is 7.86.